The van der Waals surface area contributed by atoms with Gasteiger partial charge < -0.3 is 10.2 Å². The lowest BCUT2D eigenvalue weighted by Gasteiger charge is -2.24. The molecular weight excluding hydrogens is 434 g/mol. The molecular formula is C26H27N3O3S. The zero-order valence-electron chi connectivity index (χ0n) is 18.7. The molecule has 0 fully saturated rings. The van der Waals surface area contributed by atoms with Gasteiger partial charge in [-0.2, -0.15) is 0 Å². The summed E-state index contributed by atoms with van der Waals surface area (Å²) in [5.41, 5.74) is 6.84. The number of aryl methyl sites for hydroxylation is 1. The van der Waals surface area contributed by atoms with E-state index >= 15 is 0 Å². The van der Waals surface area contributed by atoms with Gasteiger partial charge in [0.15, 0.2) is 0 Å². The SMILES string of the molecule is Cc1cc2c(c([C@H](C)Nc3ccccc3S(N)(=O)=O)c1)CN(C1Cc3ccccc3C1)C2=O. The number of nitrogens with zero attached hydrogens (tertiary/aromatic N) is 1. The fourth-order valence-electron chi connectivity index (χ4n) is 5.19. The second-order valence-corrected chi connectivity index (χ2v) is 10.6. The molecule has 1 atom stereocenters. The van der Waals surface area contributed by atoms with Gasteiger partial charge in [-0.1, -0.05) is 42.5 Å². The van der Waals surface area contributed by atoms with E-state index < -0.39 is 10.0 Å². The summed E-state index contributed by atoms with van der Waals surface area (Å²) in [6, 6.07) is 19.0. The zero-order valence-corrected chi connectivity index (χ0v) is 19.5. The van der Waals surface area contributed by atoms with Gasteiger partial charge in [0.05, 0.1) is 5.69 Å². The molecule has 3 N–H and O–H groups in total. The second kappa shape index (κ2) is 8.01. The first-order valence-corrected chi connectivity index (χ1v) is 12.7. The van der Waals surface area contributed by atoms with E-state index in [2.05, 4.69) is 35.6 Å². The molecule has 1 heterocycles. The van der Waals surface area contributed by atoms with E-state index in [0.717, 1.165) is 35.1 Å². The number of amides is 1. The number of benzene rings is 3. The number of nitrogens with two attached hydrogens (primary N) is 1. The van der Waals surface area contributed by atoms with E-state index in [9.17, 15) is 13.2 Å². The van der Waals surface area contributed by atoms with Crippen molar-refractivity contribution >= 4 is 21.6 Å². The first-order valence-electron chi connectivity index (χ1n) is 11.1. The van der Waals surface area contributed by atoms with Gasteiger partial charge in [0, 0.05) is 24.2 Å². The number of carbonyl (C=O) groups excluding carboxylic acids is 1. The molecule has 0 saturated carbocycles. The van der Waals surface area contributed by atoms with Crippen LogP contribution in [0.1, 0.15) is 51.1 Å². The fourth-order valence-corrected chi connectivity index (χ4v) is 5.89. The maximum Gasteiger partial charge on any atom is 0.254 e. The van der Waals surface area contributed by atoms with Crippen molar-refractivity contribution in [3.8, 4) is 0 Å². The Kier molecular flexibility index (Phi) is 5.26. The summed E-state index contributed by atoms with van der Waals surface area (Å²) in [6.07, 6.45) is 1.75. The summed E-state index contributed by atoms with van der Waals surface area (Å²) in [6.45, 7) is 4.52. The molecule has 0 unspecified atom stereocenters. The number of fused-ring (bicyclic) bond motifs is 2. The minimum atomic E-state index is -3.86. The Morgan fingerprint density at radius 2 is 1.67 bits per heavy atom. The molecule has 1 amide bonds. The average Bonchev–Trinajstić information content (AvgIpc) is 3.34. The molecule has 3 aromatic carbocycles. The molecule has 0 radical (unpaired) electrons. The Labute approximate surface area is 194 Å². The van der Waals surface area contributed by atoms with Crippen LogP contribution in [0.5, 0.6) is 0 Å². The first kappa shape index (κ1) is 21.7. The molecule has 1 aliphatic carbocycles. The Hall–Kier alpha value is -3.16. The lowest BCUT2D eigenvalue weighted by molar-refractivity contribution is 0.0710. The normalized spacial score (nSPS) is 16.6. The van der Waals surface area contributed by atoms with Gasteiger partial charge in [-0.05, 0) is 72.7 Å². The second-order valence-electron chi connectivity index (χ2n) is 9.05. The summed E-state index contributed by atoms with van der Waals surface area (Å²) in [5.74, 6) is 0.0740. The lowest BCUT2D eigenvalue weighted by atomic mass is 9.95. The molecule has 2 aliphatic rings. The molecule has 1 aliphatic heterocycles. The molecule has 6 nitrogen and oxygen atoms in total. The molecule has 3 aromatic rings. The van der Waals surface area contributed by atoms with Gasteiger partial charge >= 0.3 is 0 Å². The topological polar surface area (TPSA) is 92.5 Å². The van der Waals surface area contributed by atoms with Gasteiger partial charge in [0.1, 0.15) is 4.90 Å². The van der Waals surface area contributed by atoms with Crippen LogP contribution in [0.2, 0.25) is 0 Å². The van der Waals surface area contributed by atoms with E-state index in [-0.39, 0.29) is 22.9 Å². The molecule has 0 saturated heterocycles. The third kappa shape index (κ3) is 3.92. The first-order chi connectivity index (χ1) is 15.7. The Bertz CT molecular complexity index is 1340. The van der Waals surface area contributed by atoms with Crippen LogP contribution < -0.4 is 10.5 Å². The van der Waals surface area contributed by atoms with Crippen LogP contribution in [0.4, 0.5) is 5.69 Å². The quantitative estimate of drug-likeness (QED) is 0.602. The Morgan fingerprint density at radius 1 is 1.03 bits per heavy atom. The van der Waals surface area contributed by atoms with Gasteiger partial charge in [-0.25, -0.2) is 13.6 Å². The average molecular weight is 462 g/mol. The number of carbonyl (C=O) groups is 1. The summed E-state index contributed by atoms with van der Waals surface area (Å²) < 4.78 is 24.1. The van der Waals surface area contributed by atoms with Crippen LogP contribution in [0.3, 0.4) is 0 Å². The lowest BCUT2D eigenvalue weighted by Crippen LogP contribution is -2.36. The smallest absolute Gasteiger partial charge is 0.254 e. The summed E-state index contributed by atoms with van der Waals surface area (Å²) in [5, 5.41) is 8.72. The van der Waals surface area contributed by atoms with Crippen LogP contribution in [-0.2, 0) is 29.4 Å². The van der Waals surface area contributed by atoms with Crippen molar-refractivity contribution in [2.45, 2.75) is 50.2 Å². The van der Waals surface area contributed by atoms with Crippen LogP contribution >= 0.6 is 0 Å². The van der Waals surface area contributed by atoms with Crippen molar-refractivity contribution in [1.82, 2.24) is 4.90 Å². The van der Waals surface area contributed by atoms with E-state index in [4.69, 9.17) is 5.14 Å². The van der Waals surface area contributed by atoms with E-state index in [1.807, 2.05) is 24.8 Å². The Balaban J connectivity index is 1.45. The van der Waals surface area contributed by atoms with Crippen molar-refractivity contribution in [2.75, 3.05) is 5.32 Å². The number of nitrogens with one attached hydrogen (secondary N) is 1. The number of rotatable bonds is 5. The molecule has 7 heteroatoms. The molecule has 0 bridgehead atoms. The number of sulfonamides is 1. The fraction of sp³-hybridized carbons (Fsp3) is 0.269. The summed E-state index contributed by atoms with van der Waals surface area (Å²) >= 11 is 0. The highest BCUT2D eigenvalue weighted by Gasteiger charge is 2.37. The maximum atomic E-state index is 13.4. The standard InChI is InChI=1S/C26H27N3O3S/c1-16-11-21(17(2)28-24-9-5-6-10-25(24)33(27,31)32)23-15-29(26(30)22(23)12-16)20-13-18-7-3-4-8-19(18)14-20/h3-12,17,20,28H,13-15H2,1-2H3,(H2,27,31,32)/t17-/m0/s1. The highest BCUT2D eigenvalue weighted by molar-refractivity contribution is 7.89. The van der Waals surface area contributed by atoms with Crippen LogP contribution in [0.15, 0.2) is 65.6 Å². The highest BCUT2D eigenvalue weighted by Crippen LogP contribution is 2.37. The number of hydrogen-bond donors (Lipinski definition) is 2. The maximum absolute atomic E-state index is 13.4. The zero-order chi connectivity index (χ0) is 23.3. The molecule has 33 heavy (non-hydrogen) atoms. The van der Waals surface area contributed by atoms with Gasteiger partial charge in [-0.15, -0.1) is 0 Å². The molecule has 170 valence electrons. The van der Waals surface area contributed by atoms with Crippen molar-refractivity contribution in [3.05, 3.63) is 94.0 Å². The van der Waals surface area contributed by atoms with E-state index in [0.29, 0.717) is 12.2 Å². The molecule has 5 rings (SSSR count). The van der Waals surface area contributed by atoms with Gasteiger partial charge in [0.25, 0.3) is 5.91 Å². The highest BCUT2D eigenvalue weighted by atomic mass is 32.2. The van der Waals surface area contributed by atoms with E-state index in [1.165, 1.54) is 17.2 Å². The van der Waals surface area contributed by atoms with Crippen molar-refractivity contribution in [2.24, 2.45) is 5.14 Å². The number of anilines is 1. The van der Waals surface area contributed by atoms with Gasteiger partial charge in [0.2, 0.25) is 10.0 Å². The summed E-state index contributed by atoms with van der Waals surface area (Å²) in [4.78, 5) is 15.5. The Morgan fingerprint density at radius 3 is 2.33 bits per heavy atom. The third-order valence-corrected chi connectivity index (χ3v) is 7.72. The predicted molar refractivity (Wildman–Crippen MR) is 129 cm³/mol. The monoisotopic (exact) mass is 461 g/mol. The minimum absolute atomic E-state index is 0.0579. The predicted octanol–water partition coefficient (Wildman–Crippen LogP) is 3.94. The van der Waals surface area contributed by atoms with Crippen LogP contribution in [-0.4, -0.2) is 25.3 Å². The van der Waals surface area contributed by atoms with Crippen molar-refractivity contribution < 1.29 is 13.2 Å². The van der Waals surface area contributed by atoms with Crippen molar-refractivity contribution in [1.29, 1.82) is 0 Å². The van der Waals surface area contributed by atoms with Crippen LogP contribution in [0, 0.1) is 6.92 Å². The third-order valence-electron chi connectivity index (χ3n) is 6.75. The van der Waals surface area contributed by atoms with Gasteiger partial charge in [-0.3, -0.25) is 4.79 Å². The minimum Gasteiger partial charge on any atom is -0.377 e. The van der Waals surface area contributed by atoms with Crippen LogP contribution in [0.25, 0.3) is 0 Å². The van der Waals surface area contributed by atoms with E-state index in [1.54, 1.807) is 18.2 Å². The largest absolute Gasteiger partial charge is 0.377 e. The molecule has 0 aromatic heterocycles. The van der Waals surface area contributed by atoms with Crippen molar-refractivity contribution in [3.63, 3.8) is 0 Å². The summed E-state index contributed by atoms with van der Waals surface area (Å²) in [7, 11) is -3.86. The number of hydrogen-bond acceptors (Lipinski definition) is 4. The number of para-hydroxylation sites is 1. The molecule has 0 spiro atoms. The number of primary sulfonamides is 1.